The SMILES string of the molecule is CC(c1ccccc1)C(N)Cc1cccnc1. The third kappa shape index (κ3) is 3.14. The second kappa shape index (κ2) is 5.60. The molecule has 2 N–H and O–H groups in total. The molecule has 1 aromatic heterocycles. The van der Waals surface area contributed by atoms with E-state index in [1.165, 1.54) is 11.1 Å². The smallest absolute Gasteiger partial charge is 0.0300 e. The van der Waals surface area contributed by atoms with E-state index in [0.29, 0.717) is 5.92 Å². The van der Waals surface area contributed by atoms with Crippen molar-refractivity contribution in [1.82, 2.24) is 4.98 Å². The minimum Gasteiger partial charge on any atom is -0.327 e. The van der Waals surface area contributed by atoms with E-state index in [1.807, 2.05) is 18.3 Å². The standard InChI is InChI=1S/C15H18N2/c1-12(14-7-3-2-4-8-14)15(16)10-13-6-5-9-17-11-13/h2-9,11-12,15H,10,16H2,1H3. The van der Waals surface area contributed by atoms with Gasteiger partial charge in [-0.1, -0.05) is 43.3 Å². The molecule has 17 heavy (non-hydrogen) atoms. The summed E-state index contributed by atoms with van der Waals surface area (Å²) in [7, 11) is 0. The molecule has 0 saturated heterocycles. The van der Waals surface area contributed by atoms with Crippen molar-refractivity contribution < 1.29 is 0 Å². The number of rotatable bonds is 4. The van der Waals surface area contributed by atoms with Gasteiger partial charge in [0, 0.05) is 18.4 Å². The van der Waals surface area contributed by atoms with Crippen molar-refractivity contribution in [3.05, 3.63) is 66.0 Å². The minimum atomic E-state index is 0.126. The van der Waals surface area contributed by atoms with Gasteiger partial charge in [0.1, 0.15) is 0 Å². The summed E-state index contributed by atoms with van der Waals surface area (Å²) in [4.78, 5) is 4.11. The Hall–Kier alpha value is -1.67. The van der Waals surface area contributed by atoms with Gasteiger partial charge in [-0.15, -0.1) is 0 Å². The molecule has 2 heteroatoms. The molecule has 2 atom stereocenters. The van der Waals surface area contributed by atoms with E-state index in [9.17, 15) is 0 Å². The molecule has 1 aromatic carbocycles. The van der Waals surface area contributed by atoms with E-state index in [0.717, 1.165) is 6.42 Å². The van der Waals surface area contributed by atoms with Gasteiger partial charge in [0.2, 0.25) is 0 Å². The van der Waals surface area contributed by atoms with Crippen LogP contribution in [-0.2, 0) is 6.42 Å². The lowest BCUT2D eigenvalue weighted by Crippen LogP contribution is -2.29. The molecule has 0 amide bonds. The molecule has 2 nitrogen and oxygen atoms in total. The van der Waals surface area contributed by atoms with Gasteiger partial charge in [0.15, 0.2) is 0 Å². The zero-order valence-corrected chi connectivity index (χ0v) is 10.1. The fourth-order valence-electron chi connectivity index (χ4n) is 1.97. The van der Waals surface area contributed by atoms with E-state index in [2.05, 4.69) is 42.2 Å². The topological polar surface area (TPSA) is 38.9 Å². The number of hydrogen-bond donors (Lipinski definition) is 1. The molecular weight excluding hydrogens is 208 g/mol. The summed E-state index contributed by atoms with van der Waals surface area (Å²) in [6.07, 6.45) is 4.54. The monoisotopic (exact) mass is 226 g/mol. The lowest BCUT2D eigenvalue weighted by Gasteiger charge is -2.20. The molecule has 1 heterocycles. The highest BCUT2D eigenvalue weighted by Gasteiger charge is 2.14. The maximum atomic E-state index is 6.25. The second-order valence-corrected chi connectivity index (χ2v) is 4.43. The van der Waals surface area contributed by atoms with E-state index in [1.54, 1.807) is 6.20 Å². The molecule has 0 aliphatic rings. The Balaban J connectivity index is 2.03. The van der Waals surface area contributed by atoms with Crippen LogP contribution in [0.3, 0.4) is 0 Å². The lowest BCUT2D eigenvalue weighted by molar-refractivity contribution is 0.563. The molecule has 0 spiro atoms. The molecular formula is C15H18N2. The maximum absolute atomic E-state index is 6.25. The van der Waals surface area contributed by atoms with Crippen LogP contribution in [0.4, 0.5) is 0 Å². The van der Waals surface area contributed by atoms with Crippen molar-refractivity contribution in [2.24, 2.45) is 5.73 Å². The van der Waals surface area contributed by atoms with Crippen LogP contribution < -0.4 is 5.73 Å². The van der Waals surface area contributed by atoms with Crippen LogP contribution in [0.1, 0.15) is 24.0 Å². The maximum Gasteiger partial charge on any atom is 0.0300 e. The molecule has 2 unspecified atom stereocenters. The van der Waals surface area contributed by atoms with E-state index < -0.39 is 0 Å². The van der Waals surface area contributed by atoms with Crippen LogP contribution in [0.5, 0.6) is 0 Å². The largest absolute Gasteiger partial charge is 0.327 e. The van der Waals surface area contributed by atoms with Crippen molar-refractivity contribution in [2.75, 3.05) is 0 Å². The molecule has 0 radical (unpaired) electrons. The molecule has 2 aromatic rings. The number of nitrogens with two attached hydrogens (primary N) is 1. The first-order valence-corrected chi connectivity index (χ1v) is 5.97. The van der Waals surface area contributed by atoms with Crippen molar-refractivity contribution in [2.45, 2.75) is 25.3 Å². The van der Waals surface area contributed by atoms with Crippen LogP contribution in [0.2, 0.25) is 0 Å². The summed E-state index contributed by atoms with van der Waals surface area (Å²) in [6.45, 7) is 2.18. The Kier molecular flexibility index (Phi) is 3.89. The predicted molar refractivity (Wildman–Crippen MR) is 70.8 cm³/mol. The van der Waals surface area contributed by atoms with Crippen molar-refractivity contribution in [3.63, 3.8) is 0 Å². The van der Waals surface area contributed by atoms with Gasteiger partial charge in [-0.25, -0.2) is 0 Å². The van der Waals surface area contributed by atoms with Crippen LogP contribution in [-0.4, -0.2) is 11.0 Å². The third-order valence-electron chi connectivity index (χ3n) is 3.16. The Morgan fingerprint density at radius 1 is 1.12 bits per heavy atom. The quantitative estimate of drug-likeness (QED) is 0.870. The number of pyridine rings is 1. The number of benzene rings is 1. The Labute approximate surface area is 103 Å². The first-order valence-electron chi connectivity index (χ1n) is 5.97. The third-order valence-corrected chi connectivity index (χ3v) is 3.16. The summed E-state index contributed by atoms with van der Waals surface area (Å²) < 4.78 is 0. The lowest BCUT2D eigenvalue weighted by atomic mass is 9.90. The Bertz CT molecular complexity index is 439. The van der Waals surface area contributed by atoms with Crippen molar-refractivity contribution in [1.29, 1.82) is 0 Å². The zero-order valence-electron chi connectivity index (χ0n) is 10.1. The summed E-state index contributed by atoms with van der Waals surface area (Å²) in [5.74, 6) is 0.358. The van der Waals surface area contributed by atoms with Gasteiger partial charge in [-0.05, 0) is 29.5 Å². The normalized spacial score (nSPS) is 14.2. The highest BCUT2D eigenvalue weighted by molar-refractivity contribution is 5.21. The van der Waals surface area contributed by atoms with Crippen LogP contribution in [0.15, 0.2) is 54.9 Å². The second-order valence-electron chi connectivity index (χ2n) is 4.43. The van der Waals surface area contributed by atoms with Crippen LogP contribution in [0, 0.1) is 0 Å². The summed E-state index contributed by atoms with van der Waals surface area (Å²) >= 11 is 0. The zero-order chi connectivity index (χ0) is 12.1. The van der Waals surface area contributed by atoms with Gasteiger partial charge in [-0.3, -0.25) is 4.98 Å². The molecule has 0 bridgehead atoms. The molecule has 88 valence electrons. The van der Waals surface area contributed by atoms with Gasteiger partial charge in [-0.2, -0.15) is 0 Å². The molecule has 0 aliphatic heterocycles. The fourth-order valence-corrected chi connectivity index (χ4v) is 1.97. The van der Waals surface area contributed by atoms with E-state index in [4.69, 9.17) is 5.73 Å². The Morgan fingerprint density at radius 2 is 1.88 bits per heavy atom. The molecule has 0 aliphatic carbocycles. The summed E-state index contributed by atoms with van der Waals surface area (Å²) in [5, 5.41) is 0. The fraction of sp³-hybridized carbons (Fsp3) is 0.267. The first-order chi connectivity index (χ1) is 8.27. The van der Waals surface area contributed by atoms with Crippen LogP contribution in [0.25, 0.3) is 0 Å². The summed E-state index contributed by atoms with van der Waals surface area (Å²) in [5.41, 5.74) is 8.75. The number of aromatic nitrogens is 1. The van der Waals surface area contributed by atoms with Crippen molar-refractivity contribution in [3.8, 4) is 0 Å². The Morgan fingerprint density at radius 3 is 2.53 bits per heavy atom. The highest BCUT2D eigenvalue weighted by atomic mass is 14.7. The first kappa shape index (κ1) is 11.8. The predicted octanol–water partition coefficient (Wildman–Crippen LogP) is 2.76. The number of nitrogens with zero attached hydrogens (tertiary/aromatic N) is 1. The van der Waals surface area contributed by atoms with Gasteiger partial charge in [0.05, 0.1) is 0 Å². The average molecular weight is 226 g/mol. The van der Waals surface area contributed by atoms with Gasteiger partial charge >= 0.3 is 0 Å². The summed E-state index contributed by atoms with van der Waals surface area (Å²) in [6, 6.07) is 14.6. The highest BCUT2D eigenvalue weighted by Crippen LogP contribution is 2.19. The van der Waals surface area contributed by atoms with E-state index in [-0.39, 0.29) is 6.04 Å². The number of hydrogen-bond acceptors (Lipinski definition) is 2. The van der Waals surface area contributed by atoms with E-state index >= 15 is 0 Å². The minimum absolute atomic E-state index is 0.126. The molecule has 2 rings (SSSR count). The average Bonchev–Trinajstić information content (AvgIpc) is 2.40. The molecule has 0 saturated carbocycles. The van der Waals surface area contributed by atoms with Gasteiger partial charge < -0.3 is 5.73 Å². The van der Waals surface area contributed by atoms with Crippen LogP contribution >= 0.6 is 0 Å². The van der Waals surface area contributed by atoms with Gasteiger partial charge in [0.25, 0.3) is 0 Å². The van der Waals surface area contributed by atoms with Crippen molar-refractivity contribution >= 4 is 0 Å². The molecule has 0 fully saturated rings.